The largest absolute Gasteiger partial charge is 0.361 e. The molecule has 0 saturated heterocycles. The van der Waals surface area contributed by atoms with Gasteiger partial charge in [0, 0.05) is 12.2 Å². The van der Waals surface area contributed by atoms with Crippen molar-refractivity contribution in [1.82, 2.24) is 0 Å². The monoisotopic (exact) mass is 290 g/mol. The van der Waals surface area contributed by atoms with Crippen molar-refractivity contribution in [3.63, 3.8) is 0 Å². The Bertz CT molecular complexity index is 439. The lowest BCUT2D eigenvalue weighted by Crippen LogP contribution is -2.45. The van der Waals surface area contributed by atoms with Crippen LogP contribution in [0.25, 0.3) is 0 Å². The first-order chi connectivity index (χ1) is 10.2. The lowest BCUT2D eigenvalue weighted by Gasteiger charge is -2.34. The molecule has 1 fully saturated rings. The van der Waals surface area contributed by atoms with E-state index in [4.69, 9.17) is 10.5 Å². The minimum absolute atomic E-state index is 0.113. The number of anilines is 1. The van der Waals surface area contributed by atoms with Crippen LogP contribution in [0.2, 0.25) is 0 Å². The number of carbonyl (C=O) groups excluding carboxylic acids is 1. The maximum absolute atomic E-state index is 12.3. The molecule has 4 heteroatoms. The maximum atomic E-state index is 12.3. The molecule has 1 aliphatic carbocycles. The fourth-order valence-corrected chi connectivity index (χ4v) is 2.94. The molecule has 1 aromatic carbocycles. The third kappa shape index (κ3) is 4.55. The average Bonchev–Trinajstić information content (AvgIpc) is 2.74. The predicted molar refractivity (Wildman–Crippen MR) is 85.1 cm³/mol. The molecule has 0 radical (unpaired) electrons. The van der Waals surface area contributed by atoms with Crippen LogP contribution in [-0.2, 0) is 9.53 Å². The molecular formula is C17H26N2O2. The van der Waals surface area contributed by atoms with Crippen molar-refractivity contribution >= 4 is 11.6 Å². The van der Waals surface area contributed by atoms with Gasteiger partial charge in [0.2, 0.25) is 0 Å². The lowest BCUT2D eigenvalue weighted by atomic mass is 9.94. The number of nitrogens with one attached hydrogen (secondary N) is 1. The van der Waals surface area contributed by atoms with Gasteiger partial charge >= 0.3 is 0 Å². The van der Waals surface area contributed by atoms with Crippen LogP contribution in [0.4, 0.5) is 5.69 Å². The third-order valence-electron chi connectivity index (χ3n) is 4.22. The van der Waals surface area contributed by atoms with E-state index in [1.54, 1.807) is 6.92 Å². The van der Waals surface area contributed by atoms with Crippen molar-refractivity contribution in [2.45, 2.75) is 57.2 Å². The van der Waals surface area contributed by atoms with Crippen LogP contribution in [0.3, 0.4) is 0 Å². The van der Waals surface area contributed by atoms with Crippen molar-refractivity contribution < 1.29 is 9.53 Å². The molecule has 1 aromatic rings. The van der Waals surface area contributed by atoms with Gasteiger partial charge in [-0.05, 0) is 31.9 Å². The Morgan fingerprint density at radius 3 is 2.43 bits per heavy atom. The van der Waals surface area contributed by atoms with Gasteiger partial charge < -0.3 is 15.8 Å². The summed E-state index contributed by atoms with van der Waals surface area (Å²) >= 11 is 0. The van der Waals surface area contributed by atoms with Gasteiger partial charge in [-0.1, -0.05) is 43.9 Å². The Morgan fingerprint density at radius 1 is 1.24 bits per heavy atom. The Morgan fingerprint density at radius 2 is 1.86 bits per heavy atom. The van der Waals surface area contributed by atoms with Gasteiger partial charge in [0.05, 0.1) is 5.60 Å². The summed E-state index contributed by atoms with van der Waals surface area (Å²) < 4.78 is 6.11. The Balaban J connectivity index is 1.95. The van der Waals surface area contributed by atoms with E-state index >= 15 is 0 Å². The molecule has 2 rings (SSSR count). The maximum Gasteiger partial charge on any atom is 0.253 e. The van der Waals surface area contributed by atoms with Crippen LogP contribution in [0.15, 0.2) is 30.3 Å². The molecule has 116 valence electrons. The summed E-state index contributed by atoms with van der Waals surface area (Å²) in [6.07, 6.45) is 6.13. The van der Waals surface area contributed by atoms with Gasteiger partial charge in [0.1, 0.15) is 6.10 Å². The fraction of sp³-hybridized carbons (Fsp3) is 0.588. The standard InChI is InChI=1S/C17H26N2O2/c1-14(16(20)19-15-9-5-4-6-10-15)21-17(13-18)11-7-2-3-8-12-17/h4-6,9-10,14H,2-3,7-8,11-13,18H2,1H3,(H,19,20). The summed E-state index contributed by atoms with van der Waals surface area (Å²) in [4.78, 5) is 12.3. The van der Waals surface area contributed by atoms with Crippen LogP contribution in [0.1, 0.15) is 45.4 Å². The van der Waals surface area contributed by atoms with E-state index in [0.717, 1.165) is 31.4 Å². The van der Waals surface area contributed by atoms with Crippen LogP contribution in [-0.4, -0.2) is 24.2 Å². The van der Waals surface area contributed by atoms with E-state index in [0.29, 0.717) is 6.54 Å². The number of nitrogens with two attached hydrogens (primary N) is 1. The molecular weight excluding hydrogens is 264 g/mol. The second kappa shape index (κ2) is 7.57. The Labute approximate surface area is 127 Å². The lowest BCUT2D eigenvalue weighted by molar-refractivity contribution is -0.141. The van der Waals surface area contributed by atoms with Gasteiger partial charge in [0.25, 0.3) is 5.91 Å². The van der Waals surface area contributed by atoms with Crippen LogP contribution < -0.4 is 11.1 Å². The number of ether oxygens (including phenoxy) is 1. The molecule has 1 saturated carbocycles. The van der Waals surface area contributed by atoms with Gasteiger partial charge in [-0.15, -0.1) is 0 Å². The molecule has 0 heterocycles. The van der Waals surface area contributed by atoms with Gasteiger partial charge in [0.15, 0.2) is 0 Å². The van der Waals surface area contributed by atoms with Crippen molar-refractivity contribution in [3.05, 3.63) is 30.3 Å². The second-order valence-corrected chi connectivity index (χ2v) is 5.92. The minimum Gasteiger partial charge on any atom is -0.361 e. The first-order valence-electron chi connectivity index (χ1n) is 7.89. The van der Waals surface area contributed by atoms with Crippen LogP contribution in [0, 0.1) is 0 Å². The number of benzene rings is 1. The number of amides is 1. The predicted octanol–water partition coefficient (Wildman–Crippen LogP) is 3.08. The zero-order valence-corrected chi connectivity index (χ0v) is 12.8. The third-order valence-corrected chi connectivity index (χ3v) is 4.22. The summed E-state index contributed by atoms with van der Waals surface area (Å²) in [5.41, 5.74) is 6.41. The van der Waals surface area contributed by atoms with Crippen molar-refractivity contribution in [1.29, 1.82) is 0 Å². The zero-order chi connectivity index (χ0) is 15.1. The van der Waals surface area contributed by atoms with Crippen molar-refractivity contribution in [3.8, 4) is 0 Å². The normalized spacial score (nSPS) is 19.5. The minimum atomic E-state index is -0.494. The molecule has 1 atom stereocenters. The summed E-state index contributed by atoms with van der Waals surface area (Å²) in [5, 5.41) is 2.88. The second-order valence-electron chi connectivity index (χ2n) is 5.92. The van der Waals surface area contributed by atoms with Gasteiger partial charge in [-0.3, -0.25) is 4.79 Å². The summed E-state index contributed by atoms with van der Waals surface area (Å²) in [5.74, 6) is -0.113. The number of carbonyl (C=O) groups is 1. The summed E-state index contributed by atoms with van der Waals surface area (Å²) in [6, 6.07) is 9.45. The quantitative estimate of drug-likeness (QED) is 0.819. The SMILES string of the molecule is CC(OC1(CN)CCCCCC1)C(=O)Nc1ccccc1. The topological polar surface area (TPSA) is 64.3 Å². The van der Waals surface area contributed by atoms with Crippen LogP contribution >= 0.6 is 0 Å². The molecule has 0 bridgehead atoms. The average molecular weight is 290 g/mol. The van der Waals surface area contributed by atoms with Gasteiger partial charge in [-0.25, -0.2) is 0 Å². The highest BCUT2D eigenvalue weighted by molar-refractivity contribution is 5.93. The van der Waals surface area contributed by atoms with E-state index in [1.165, 1.54) is 12.8 Å². The summed E-state index contributed by atoms with van der Waals surface area (Å²) in [6.45, 7) is 2.29. The van der Waals surface area contributed by atoms with E-state index in [9.17, 15) is 4.79 Å². The number of rotatable bonds is 5. The fourth-order valence-electron chi connectivity index (χ4n) is 2.94. The zero-order valence-electron chi connectivity index (χ0n) is 12.8. The molecule has 1 unspecified atom stereocenters. The molecule has 0 aromatic heterocycles. The molecule has 3 N–H and O–H groups in total. The molecule has 0 aliphatic heterocycles. The molecule has 1 amide bonds. The van der Waals surface area contributed by atoms with E-state index in [1.807, 2.05) is 30.3 Å². The molecule has 21 heavy (non-hydrogen) atoms. The highest BCUT2D eigenvalue weighted by Crippen LogP contribution is 2.31. The first kappa shape index (κ1) is 16.0. The molecule has 0 spiro atoms. The summed E-state index contributed by atoms with van der Waals surface area (Å²) in [7, 11) is 0. The van der Waals surface area contributed by atoms with Gasteiger partial charge in [-0.2, -0.15) is 0 Å². The van der Waals surface area contributed by atoms with Crippen molar-refractivity contribution in [2.75, 3.05) is 11.9 Å². The van der Waals surface area contributed by atoms with Crippen LogP contribution in [0.5, 0.6) is 0 Å². The number of para-hydroxylation sites is 1. The molecule has 4 nitrogen and oxygen atoms in total. The highest BCUT2D eigenvalue weighted by Gasteiger charge is 2.34. The Kier molecular flexibility index (Phi) is 5.76. The highest BCUT2D eigenvalue weighted by atomic mass is 16.5. The molecule has 1 aliphatic rings. The van der Waals surface area contributed by atoms with E-state index < -0.39 is 6.10 Å². The van der Waals surface area contributed by atoms with E-state index in [-0.39, 0.29) is 11.5 Å². The first-order valence-corrected chi connectivity index (χ1v) is 7.89. The van der Waals surface area contributed by atoms with E-state index in [2.05, 4.69) is 5.32 Å². The smallest absolute Gasteiger partial charge is 0.253 e. The van der Waals surface area contributed by atoms with Crippen molar-refractivity contribution in [2.24, 2.45) is 5.73 Å². The Hall–Kier alpha value is -1.39. The number of hydrogen-bond donors (Lipinski definition) is 2. The number of hydrogen-bond acceptors (Lipinski definition) is 3.